The van der Waals surface area contributed by atoms with Gasteiger partial charge in [0.15, 0.2) is 5.82 Å². The Morgan fingerprint density at radius 3 is 2.63 bits per heavy atom. The smallest absolute Gasteiger partial charge is 0.212 e. The number of hydrogen-bond acceptors (Lipinski definition) is 5. The van der Waals surface area contributed by atoms with Crippen LogP contribution in [0.25, 0.3) is 0 Å². The van der Waals surface area contributed by atoms with Crippen molar-refractivity contribution in [2.24, 2.45) is 5.10 Å². The van der Waals surface area contributed by atoms with E-state index in [9.17, 15) is 0 Å². The van der Waals surface area contributed by atoms with Crippen LogP contribution in [0.5, 0.6) is 0 Å². The minimum absolute atomic E-state index is 0.302. The topological polar surface area (TPSA) is 69.1 Å². The zero-order valence-electron chi connectivity index (χ0n) is 10.9. The van der Waals surface area contributed by atoms with Crippen molar-refractivity contribution in [1.29, 1.82) is 0 Å². The van der Waals surface area contributed by atoms with E-state index in [0.29, 0.717) is 5.92 Å². The number of hydrogen-bond donors (Lipinski definition) is 1. The van der Waals surface area contributed by atoms with Gasteiger partial charge >= 0.3 is 0 Å². The van der Waals surface area contributed by atoms with Crippen LogP contribution in [-0.4, -0.2) is 26.3 Å². The van der Waals surface area contributed by atoms with E-state index in [-0.39, 0.29) is 0 Å². The number of rotatable bonds is 2. The molecule has 0 radical (unpaired) electrons. The molecule has 0 amide bonds. The number of aromatic nitrogens is 3. The second-order valence-corrected chi connectivity index (χ2v) is 5.71. The average Bonchev–Trinajstić information content (AvgIpc) is 2.82. The first-order chi connectivity index (χ1) is 9.15. The predicted octanol–water partition coefficient (Wildman–Crippen LogP) is 2.34. The molecule has 0 fully saturated rings. The standard InChI is InChI=1S/C13H15N5S/c1-8(2)12-15-16-13-18(12)17-11(7-19-13)9-3-5-10(14)6-4-9/h3-6,8H,7,14H2,1-2H3. The van der Waals surface area contributed by atoms with Crippen molar-refractivity contribution in [3.63, 3.8) is 0 Å². The average molecular weight is 273 g/mol. The third-order valence-electron chi connectivity index (χ3n) is 2.96. The molecule has 2 heterocycles. The van der Waals surface area contributed by atoms with Crippen molar-refractivity contribution in [1.82, 2.24) is 14.9 Å². The van der Waals surface area contributed by atoms with Crippen molar-refractivity contribution in [2.75, 3.05) is 11.5 Å². The van der Waals surface area contributed by atoms with Gasteiger partial charge in [-0.3, -0.25) is 0 Å². The molecule has 0 aliphatic carbocycles. The third kappa shape index (κ3) is 2.23. The summed E-state index contributed by atoms with van der Waals surface area (Å²) < 4.78 is 1.85. The first-order valence-corrected chi connectivity index (χ1v) is 7.15. The highest BCUT2D eigenvalue weighted by Crippen LogP contribution is 2.26. The van der Waals surface area contributed by atoms with E-state index in [1.165, 1.54) is 0 Å². The monoisotopic (exact) mass is 273 g/mol. The molecular weight excluding hydrogens is 258 g/mol. The summed E-state index contributed by atoms with van der Waals surface area (Å²) >= 11 is 1.66. The van der Waals surface area contributed by atoms with Crippen LogP contribution in [0.4, 0.5) is 5.69 Å². The van der Waals surface area contributed by atoms with Gasteiger partial charge in [-0.1, -0.05) is 37.7 Å². The zero-order valence-corrected chi connectivity index (χ0v) is 11.7. The maximum atomic E-state index is 5.71. The summed E-state index contributed by atoms with van der Waals surface area (Å²) in [6.07, 6.45) is 0. The lowest BCUT2D eigenvalue weighted by molar-refractivity contribution is 0.662. The predicted molar refractivity (Wildman–Crippen MR) is 77.6 cm³/mol. The van der Waals surface area contributed by atoms with E-state index in [1.807, 2.05) is 28.9 Å². The van der Waals surface area contributed by atoms with Crippen LogP contribution in [0.3, 0.4) is 0 Å². The molecule has 2 aromatic rings. The maximum Gasteiger partial charge on any atom is 0.212 e. The fraction of sp³-hybridized carbons (Fsp3) is 0.308. The Balaban J connectivity index is 2.03. The van der Waals surface area contributed by atoms with Gasteiger partial charge in [-0.2, -0.15) is 9.78 Å². The van der Waals surface area contributed by atoms with E-state index < -0.39 is 0 Å². The second-order valence-electron chi connectivity index (χ2n) is 4.76. The van der Waals surface area contributed by atoms with Crippen LogP contribution in [0.1, 0.15) is 31.2 Å². The Kier molecular flexibility index (Phi) is 3.02. The minimum Gasteiger partial charge on any atom is -0.399 e. The van der Waals surface area contributed by atoms with Crippen molar-refractivity contribution in [3.8, 4) is 0 Å². The Hall–Kier alpha value is -1.82. The summed E-state index contributed by atoms with van der Waals surface area (Å²) in [5.74, 6) is 2.01. The van der Waals surface area contributed by atoms with Crippen molar-refractivity contribution in [3.05, 3.63) is 35.7 Å². The summed E-state index contributed by atoms with van der Waals surface area (Å²) in [4.78, 5) is 0. The number of thioether (sulfide) groups is 1. The highest BCUT2D eigenvalue weighted by atomic mass is 32.2. The zero-order chi connectivity index (χ0) is 13.4. The number of nitrogens with two attached hydrogens (primary N) is 1. The third-order valence-corrected chi connectivity index (χ3v) is 3.89. The first-order valence-electron chi connectivity index (χ1n) is 6.17. The Morgan fingerprint density at radius 2 is 1.95 bits per heavy atom. The molecule has 5 nitrogen and oxygen atoms in total. The molecule has 98 valence electrons. The van der Waals surface area contributed by atoms with Crippen molar-refractivity contribution in [2.45, 2.75) is 24.9 Å². The van der Waals surface area contributed by atoms with Crippen molar-refractivity contribution >= 4 is 23.2 Å². The van der Waals surface area contributed by atoms with Gasteiger partial charge in [0.2, 0.25) is 5.16 Å². The van der Waals surface area contributed by atoms with Crippen LogP contribution in [0.2, 0.25) is 0 Å². The van der Waals surface area contributed by atoms with Gasteiger partial charge in [0, 0.05) is 17.4 Å². The quantitative estimate of drug-likeness (QED) is 0.853. The minimum atomic E-state index is 0.302. The Labute approximate surface area is 115 Å². The van der Waals surface area contributed by atoms with Crippen LogP contribution >= 0.6 is 11.8 Å². The first kappa shape index (κ1) is 12.2. The molecule has 0 spiro atoms. The van der Waals surface area contributed by atoms with Gasteiger partial charge in [0.25, 0.3) is 0 Å². The molecule has 6 heteroatoms. The molecule has 1 aromatic carbocycles. The number of anilines is 1. The lowest BCUT2D eigenvalue weighted by atomic mass is 10.1. The molecule has 0 bridgehead atoms. The molecule has 0 saturated carbocycles. The van der Waals surface area contributed by atoms with Crippen LogP contribution < -0.4 is 5.73 Å². The SMILES string of the molecule is CC(C)c1nnc2n1N=C(c1ccc(N)cc1)CS2. The highest BCUT2D eigenvalue weighted by molar-refractivity contribution is 7.99. The van der Waals surface area contributed by atoms with E-state index in [0.717, 1.165) is 33.7 Å². The van der Waals surface area contributed by atoms with E-state index in [1.54, 1.807) is 11.8 Å². The summed E-state index contributed by atoms with van der Waals surface area (Å²) in [5.41, 5.74) is 8.59. The molecular formula is C13H15N5S. The summed E-state index contributed by atoms with van der Waals surface area (Å²) in [6.45, 7) is 4.18. The fourth-order valence-electron chi connectivity index (χ4n) is 1.92. The normalized spacial score (nSPS) is 14.4. The number of nitrogens with zero attached hydrogens (tertiary/aromatic N) is 4. The van der Waals surface area contributed by atoms with E-state index in [4.69, 9.17) is 5.73 Å². The second kappa shape index (κ2) is 4.70. The molecule has 2 N–H and O–H groups in total. The van der Waals surface area contributed by atoms with Crippen molar-refractivity contribution < 1.29 is 0 Å². The Morgan fingerprint density at radius 1 is 1.21 bits per heavy atom. The number of nitrogen functional groups attached to an aromatic ring is 1. The van der Waals surface area contributed by atoms with Gasteiger partial charge in [-0.15, -0.1) is 10.2 Å². The lowest BCUT2D eigenvalue weighted by Crippen LogP contribution is -2.15. The Bertz CT molecular complexity index is 627. The highest BCUT2D eigenvalue weighted by Gasteiger charge is 2.20. The summed E-state index contributed by atoms with van der Waals surface area (Å²) in [5, 5.41) is 13.9. The summed E-state index contributed by atoms with van der Waals surface area (Å²) in [7, 11) is 0. The summed E-state index contributed by atoms with van der Waals surface area (Å²) in [6, 6.07) is 7.79. The molecule has 19 heavy (non-hydrogen) atoms. The largest absolute Gasteiger partial charge is 0.399 e. The molecule has 0 unspecified atom stereocenters. The van der Waals surface area contributed by atoms with Gasteiger partial charge in [-0.25, -0.2) is 0 Å². The van der Waals surface area contributed by atoms with Gasteiger partial charge < -0.3 is 5.73 Å². The van der Waals surface area contributed by atoms with Gasteiger partial charge in [0.1, 0.15) is 0 Å². The molecule has 1 aromatic heterocycles. The van der Waals surface area contributed by atoms with Gasteiger partial charge in [-0.05, 0) is 17.7 Å². The molecule has 1 aliphatic heterocycles. The van der Waals surface area contributed by atoms with Crippen LogP contribution in [-0.2, 0) is 0 Å². The lowest BCUT2D eigenvalue weighted by Gasteiger charge is -2.14. The maximum absolute atomic E-state index is 5.71. The van der Waals surface area contributed by atoms with E-state index >= 15 is 0 Å². The van der Waals surface area contributed by atoms with Crippen LogP contribution in [0, 0.1) is 0 Å². The number of fused-ring (bicyclic) bond motifs is 1. The molecule has 0 atom stereocenters. The molecule has 1 aliphatic rings. The van der Waals surface area contributed by atoms with E-state index in [2.05, 4.69) is 29.1 Å². The molecule has 0 saturated heterocycles. The van der Waals surface area contributed by atoms with Crippen LogP contribution in [0.15, 0.2) is 34.5 Å². The molecule has 3 rings (SSSR count). The van der Waals surface area contributed by atoms with Gasteiger partial charge in [0.05, 0.1) is 5.71 Å². The fourth-order valence-corrected chi connectivity index (χ4v) is 2.77. The number of benzene rings is 1.